The zero-order chi connectivity index (χ0) is 17.1. The Balaban J connectivity index is 1.69. The largest absolute Gasteiger partial charge is 0.494 e. The first-order valence-electron chi connectivity index (χ1n) is 7.50. The Morgan fingerprint density at radius 3 is 2.08 bits per heavy atom. The van der Waals surface area contributed by atoms with Crippen molar-refractivity contribution in [2.24, 2.45) is 0 Å². The molecule has 0 saturated carbocycles. The van der Waals surface area contributed by atoms with Gasteiger partial charge in [-0.1, -0.05) is 12.1 Å². The van der Waals surface area contributed by atoms with Gasteiger partial charge in [0.05, 0.1) is 23.4 Å². The van der Waals surface area contributed by atoms with Crippen LogP contribution in [0.3, 0.4) is 0 Å². The van der Waals surface area contributed by atoms with E-state index in [-0.39, 0.29) is 18.2 Å². The molecule has 24 heavy (non-hydrogen) atoms. The van der Waals surface area contributed by atoms with E-state index in [4.69, 9.17) is 9.84 Å². The third kappa shape index (κ3) is 2.99. The van der Waals surface area contributed by atoms with Gasteiger partial charge in [0.2, 0.25) is 0 Å². The number of anilines is 1. The standard InChI is InChI=1S/C18H15NO5/c20-16(21)6-3-11-24-13-9-7-12(8-10-13)19-17(22)14-4-1-2-5-15(14)18(19)23/h1-2,4-5,7-10H,3,6,11H2,(H,20,21). The molecule has 0 spiro atoms. The minimum Gasteiger partial charge on any atom is -0.494 e. The van der Waals surface area contributed by atoms with E-state index in [1.807, 2.05) is 0 Å². The molecule has 0 radical (unpaired) electrons. The van der Waals surface area contributed by atoms with Crippen molar-refractivity contribution in [3.05, 3.63) is 59.7 Å². The first kappa shape index (κ1) is 15.7. The summed E-state index contributed by atoms with van der Waals surface area (Å²) in [5.74, 6) is -0.989. The predicted octanol–water partition coefficient (Wildman–Crippen LogP) is 2.73. The van der Waals surface area contributed by atoms with Gasteiger partial charge >= 0.3 is 5.97 Å². The Morgan fingerprint density at radius 1 is 0.958 bits per heavy atom. The lowest BCUT2D eigenvalue weighted by molar-refractivity contribution is -0.137. The quantitative estimate of drug-likeness (QED) is 0.652. The second kappa shape index (κ2) is 6.54. The van der Waals surface area contributed by atoms with Gasteiger partial charge in [-0.05, 0) is 42.8 Å². The van der Waals surface area contributed by atoms with Crippen molar-refractivity contribution in [2.45, 2.75) is 12.8 Å². The maximum absolute atomic E-state index is 12.4. The van der Waals surface area contributed by atoms with E-state index in [2.05, 4.69) is 0 Å². The number of nitrogens with zero attached hydrogens (tertiary/aromatic N) is 1. The van der Waals surface area contributed by atoms with Gasteiger partial charge in [-0.2, -0.15) is 0 Å². The first-order valence-corrected chi connectivity index (χ1v) is 7.50. The highest BCUT2D eigenvalue weighted by Gasteiger charge is 2.36. The molecule has 3 rings (SSSR count). The lowest BCUT2D eigenvalue weighted by Gasteiger charge is -2.14. The van der Waals surface area contributed by atoms with Gasteiger partial charge in [0.25, 0.3) is 11.8 Å². The SMILES string of the molecule is O=C(O)CCCOc1ccc(N2C(=O)c3ccccc3C2=O)cc1. The van der Waals surface area contributed by atoms with Crippen LogP contribution in [-0.2, 0) is 4.79 Å². The number of benzene rings is 2. The summed E-state index contributed by atoms with van der Waals surface area (Å²) < 4.78 is 5.44. The van der Waals surface area contributed by atoms with Crippen LogP contribution >= 0.6 is 0 Å². The summed E-state index contributed by atoms with van der Waals surface area (Å²) in [7, 11) is 0. The summed E-state index contributed by atoms with van der Waals surface area (Å²) in [6.45, 7) is 0.290. The Kier molecular flexibility index (Phi) is 4.29. The van der Waals surface area contributed by atoms with Crippen LogP contribution in [0.4, 0.5) is 5.69 Å². The molecule has 0 aliphatic carbocycles. The molecule has 0 saturated heterocycles. The molecule has 6 nitrogen and oxygen atoms in total. The summed E-state index contributed by atoms with van der Waals surface area (Å²) in [5.41, 5.74) is 1.27. The number of rotatable bonds is 6. The van der Waals surface area contributed by atoms with Crippen LogP contribution < -0.4 is 9.64 Å². The minimum absolute atomic E-state index is 0.0487. The van der Waals surface area contributed by atoms with E-state index in [0.29, 0.717) is 35.6 Å². The molecule has 1 aliphatic rings. The Bertz CT molecular complexity index is 762. The number of imide groups is 1. The molecular formula is C18H15NO5. The first-order chi connectivity index (χ1) is 11.6. The van der Waals surface area contributed by atoms with Gasteiger partial charge in [-0.15, -0.1) is 0 Å². The normalized spacial score (nSPS) is 13.1. The van der Waals surface area contributed by atoms with E-state index in [1.54, 1.807) is 48.5 Å². The second-order valence-electron chi connectivity index (χ2n) is 5.33. The Morgan fingerprint density at radius 2 is 1.54 bits per heavy atom. The molecule has 6 heteroatoms. The summed E-state index contributed by atoms with van der Waals surface area (Å²) in [6, 6.07) is 13.3. The van der Waals surface area contributed by atoms with E-state index in [0.717, 1.165) is 4.90 Å². The van der Waals surface area contributed by atoms with Crippen LogP contribution in [0.25, 0.3) is 0 Å². The van der Waals surface area contributed by atoms with Gasteiger partial charge in [-0.3, -0.25) is 14.4 Å². The molecule has 0 atom stereocenters. The summed E-state index contributed by atoms with van der Waals surface area (Å²) in [5, 5.41) is 8.57. The van der Waals surface area contributed by atoms with E-state index >= 15 is 0 Å². The van der Waals surface area contributed by atoms with Crippen LogP contribution in [0.1, 0.15) is 33.6 Å². The number of amides is 2. The predicted molar refractivity (Wildman–Crippen MR) is 86.4 cm³/mol. The number of carboxylic acid groups (broad SMARTS) is 1. The lowest BCUT2D eigenvalue weighted by Crippen LogP contribution is -2.29. The number of ether oxygens (including phenoxy) is 1. The molecule has 1 N–H and O–H groups in total. The van der Waals surface area contributed by atoms with Gasteiger partial charge in [-0.25, -0.2) is 4.90 Å². The fourth-order valence-electron chi connectivity index (χ4n) is 2.53. The molecular weight excluding hydrogens is 310 g/mol. The molecule has 0 unspecified atom stereocenters. The molecule has 1 aliphatic heterocycles. The van der Waals surface area contributed by atoms with Crippen molar-refractivity contribution in [1.82, 2.24) is 0 Å². The molecule has 0 aromatic heterocycles. The highest BCUT2D eigenvalue weighted by atomic mass is 16.5. The molecule has 2 aromatic rings. The summed E-state index contributed by atoms with van der Waals surface area (Å²) in [6.07, 6.45) is 0.461. The molecule has 2 aromatic carbocycles. The van der Waals surface area contributed by atoms with Gasteiger partial charge in [0.1, 0.15) is 5.75 Å². The highest BCUT2D eigenvalue weighted by molar-refractivity contribution is 6.34. The minimum atomic E-state index is -0.862. The van der Waals surface area contributed by atoms with Crippen LogP contribution in [0.2, 0.25) is 0 Å². The number of carbonyl (C=O) groups is 3. The van der Waals surface area contributed by atoms with Crippen molar-refractivity contribution >= 4 is 23.5 Å². The number of hydrogen-bond donors (Lipinski definition) is 1. The van der Waals surface area contributed by atoms with E-state index < -0.39 is 5.97 Å². The maximum Gasteiger partial charge on any atom is 0.303 e. The number of fused-ring (bicyclic) bond motifs is 1. The topological polar surface area (TPSA) is 83.9 Å². The van der Waals surface area contributed by atoms with Crippen molar-refractivity contribution in [1.29, 1.82) is 0 Å². The van der Waals surface area contributed by atoms with Crippen molar-refractivity contribution in [3.8, 4) is 5.75 Å². The zero-order valence-electron chi connectivity index (χ0n) is 12.8. The molecule has 1 heterocycles. The Hall–Kier alpha value is -3.15. The fourth-order valence-corrected chi connectivity index (χ4v) is 2.53. The monoisotopic (exact) mass is 325 g/mol. The van der Waals surface area contributed by atoms with Crippen LogP contribution in [0.15, 0.2) is 48.5 Å². The van der Waals surface area contributed by atoms with Gasteiger partial charge in [0, 0.05) is 6.42 Å². The van der Waals surface area contributed by atoms with Gasteiger partial charge in [0.15, 0.2) is 0 Å². The average molecular weight is 325 g/mol. The average Bonchev–Trinajstić information content (AvgIpc) is 2.84. The second-order valence-corrected chi connectivity index (χ2v) is 5.33. The van der Waals surface area contributed by atoms with Crippen molar-refractivity contribution in [3.63, 3.8) is 0 Å². The van der Waals surface area contributed by atoms with E-state index in [1.165, 1.54) is 0 Å². The fraction of sp³-hybridized carbons (Fsp3) is 0.167. The third-order valence-corrected chi connectivity index (χ3v) is 3.69. The molecule has 2 amide bonds. The number of hydrogen-bond acceptors (Lipinski definition) is 4. The number of carboxylic acids is 1. The highest BCUT2D eigenvalue weighted by Crippen LogP contribution is 2.29. The molecule has 0 bridgehead atoms. The zero-order valence-corrected chi connectivity index (χ0v) is 12.8. The van der Waals surface area contributed by atoms with Crippen LogP contribution in [0, 0.1) is 0 Å². The Labute approximate surface area is 138 Å². The third-order valence-electron chi connectivity index (χ3n) is 3.69. The van der Waals surface area contributed by atoms with E-state index in [9.17, 15) is 14.4 Å². The van der Waals surface area contributed by atoms with Crippen molar-refractivity contribution in [2.75, 3.05) is 11.5 Å². The lowest BCUT2D eigenvalue weighted by atomic mass is 10.1. The number of aliphatic carboxylic acids is 1. The molecule has 122 valence electrons. The van der Waals surface area contributed by atoms with Crippen LogP contribution in [-0.4, -0.2) is 29.5 Å². The summed E-state index contributed by atoms with van der Waals surface area (Å²) in [4.78, 5) is 36.3. The smallest absolute Gasteiger partial charge is 0.303 e. The van der Waals surface area contributed by atoms with Crippen molar-refractivity contribution < 1.29 is 24.2 Å². The summed E-state index contributed by atoms with van der Waals surface area (Å²) >= 11 is 0. The van der Waals surface area contributed by atoms with Crippen LogP contribution in [0.5, 0.6) is 5.75 Å². The number of carbonyl (C=O) groups excluding carboxylic acids is 2. The van der Waals surface area contributed by atoms with Gasteiger partial charge < -0.3 is 9.84 Å². The molecule has 0 fully saturated rings. The maximum atomic E-state index is 12.4.